The van der Waals surface area contributed by atoms with Crippen LogP contribution < -0.4 is 14.2 Å². The fourth-order valence-electron chi connectivity index (χ4n) is 3.49. The van der Waals surface area contributed by atoms with Crippen LogP contribution in [0.5, 0.6) is 17.2 Å². The Morgan fingerprint density at radius 3 is 2.40 bits per heavy atom. The molecule has 7 heteroatoms. The average molecular weight is 423 g/mol. The Labute approximate surface area is 179 Å². The number of carbonyl (C=O) groups excluding carboxylic acids is 1. The van der Waals surface area contributed by atoms with Crippen LogP contribution in [0.3, 0.4) is 0 Å². The lowest BCUT2D eigenvalue weighted by Crippen LogP contribution is -2.26. The smallest absolute Gasteiger partial charge is 0.284 e. The molecular weight excluding hydrogens is 400 g/mol. The minimum Gasteiger partial charge on any atom is -0.497 e. The summed E-state index contributed by atoms with van der Waals surface area (Å²) in [6, 6.07) is 16.9. The van der Waals surface area contributed by atoms with Crippen molar-refractivity contribution in [3.8, 4) is 17.2 Å². The van der Waals surface area contributed by atoms with Gasteiger partial charge in [0.2, 0.25) is 0 Å². The zero-order valence-corrected chi connectivity index (χ0v) is 17.8. The first kappa shape index (κ1) is 20.0. The maximum atomic E-state index is 13.2. The normalized spacial score (nSPS) is 15.6. The standard InChI is InChI=1S/C23H22N2O4S/c1-27-17-9-6-15(7-10-17)19-14-18(16-8-11-20(28-2)21(13-16)29-3)24-25(19)23(26)22-5-4-12-30-22/h4-13,19H,14H2,1-3H3/t19-/m0/s1. The maximum absolute atomic E-state index is 13.2. The van der Waals surface area contributed by atoms with Gasteiger partial charge >= 0.3 is 0 Å². The number of ether oxygens (including phenoxy) is 3. The highest BCUT2D eigenvalue weighted by molar-refractivity contribution is 7.12. The maximum Gasteiger partial charge on any atom is 0.284 e. The van der Waals surface area contributed by atoms with Gasteiger partial charge in [0.1, 0.15) is 5.75 Å². The molecule has 0 spiro atoms. The lowest BCUT2D eigenvalue weighted by molar-refractivity contribution is 0.0716. The van der Waals surface area contributed by atoms with E-state index in [0.29, 0.717) is 22.8 Å². The topological polar surface area (TPSA) is 60.4 Å². The third-order valence-electron chi connectivity index (χ3n) is 5.07. The fourth-order valence-corrected chi connectivity index (χ4v) is 4.14. The van der Waals surface area contributed by atoms with E-state index in [1.807, 2.05) is 60.0 Å². The summed E-state index contributed by atoms with van der Waals surface area (Å²) in [6.07, 6.45) is 0.596. The monoisotopic (exact) mass is 422 g/mol. The first-order valence-corrected chi connectivity index (χ1v) is 10.3. The second-order valence-corrected chi connectivity index (χ2v) is 7.68. The van der Waals surface area contributed by atoms with E-state index in [2.05, 4.69) is 0 Å². The largest absolute Gasteiger partial charge is 0.497 e. The summed E-state index contributed by atoms with van der Waals surface area (Å²) in [5, 5.41) is 8.20. The van der Waals surface area contributed by atoms with Crippen LogP contribution in [-0.2, 0) is 0 Å². The van der Waals surface area contributed by atoms with Gasteiger partial charge in [-0.2, -0.15) is 5.10 Å². The van der Waals surface area contributed by atoms with Crippen molar-refractivity contribution in [3.05, 3.63) is 76.0 Å². The van der Waals surface area contributed by atoms with Crippen molar-refractivity contribution >= 4 is 23.0 Å². The van der Waals surface area contributed by atoms with Gasteiger partial charge in [-0.1, -0.05) is 18.2 Å². The Balaban J connectivity index is 1.71. The minimum atomic E-state index is -0.200. The summed E-state index contributed by atoms with van der Waals surface area (Å²) >= 11 is 1.41. The number of hydrazone groups is 1. The van der Waals surface area contributed by atoms with Crippen molar-refractivity contribution in [2.45, 2.75) is 12.5 Å². The lowest BCUT2D eigenvalue weighted by Gasteiger charge is -2.21. The molecule has 2 aromatic carbocycles. The molecule has 0 N–H and O–H groups in total. The Hall–Kier alpha value is -3.32. The van der Waals surface area contributed by atoms with Gasteiger partial charge in [-0.3, -0.25) is 4.79 Å². The van der Waals surface area contributed by atoms with Crippen molar-refractivity contribution < 1.29 is 19.0 Å². The molecule has 3 aromatic rings. The number of amides is 1. The van der Waals surface area contributed by atoms with Gasteiger partial charge in [0.15, 0.2) is 11.5 Å². The van der Waals surface area contributed by atoms with Crippen LogP contribution in [0.2, 0.25) is 0 Å². The number of thiophene rings is 1. The second-order valence-electron chi connectivity index (χ2n) is 6.74. The Morgan fingerprint density at radius 1 is 1.00 bits per heavy atom. The van der Waals surface area contributed by atoms with Gasteiger partial charge in [-0.15, -0.1) is 11.3 Å². The third-order valence-corrected chi connectivity index (χ3v) is 5.93. The van der Waals surface area contributed by atoms with Crippen LogP contribution in [0, 0.1) is 0 Å². The number of hydrogen-bond acceptors (Lipinski definition) is 6. The zero-order chi connectivity index (χ0) is 21.1. The van der Waals surface area contributed by atoms with Gasteiger partial charge in [0.05, 0.1) is 38.0 Å². The van der Waals surface area contributed by atoms with Crippen molar-refractivity contribution in [2.24, 2.45) is 5.10 Å². The number of nitrogens with zero attached hydrogens (tertiary/aromatic N) is 2. The highest BCUT2D eigenvalue weighted by Crippen LogP contribution is 2.37. The molecule has 0 saturated heterocycles. The molecule has 0 unspecified atom stereocenters. The quantitative estimate of drug-likeness (QED) is 0.574. The summed E-state index contributed by atoms with van der Waals surface area (Å²) in [4.78, 5) is 13.8. The number of hydrogen-bond donors (Lipinski definition) is 0. The predicted octanol–water partition coefficient (Wildman–Crippen LogP) is 4.77. The van der Waals surface area contributed by atoms with Crippen LogP contribution in [0.1, 0.15) is 33.3 Å². The van der Waals surface area contributed by atoms with Gasteiger partial charge in [0.25, 0.3) is 5.91 Å². The summed E-state index contributed by atoms with van der Waals surface area (Å²) in [7, 11) is 4.84. The fraction of sp³-hybridized carbons (Fsp3) is 0.217. The Kier molecular flexibility index (Phi) is 5.72. The molecule has 1 amide bonds. The van der Waals surface area contributed by atoms with E-state index in [1.165, 1.54) is 11.3 Å². The molecule has 1 aliphatic rings. The van der Waals surface area contributed by atoms with Crippen LogP contribution >= 0.6 is 11.3 Å². The molecule has 0 aliphatic carbocycles. The molecule has 4 rings (SSSR count). The molecule has 30 heavy (non-hydrogen) atoms. The molecule has 0 bridgehead atoms. The molecule has 1 aromatic heterocycles. The molecule has 1 aliphatic heterocycles. The SMILES string of the molecule is COc1ccc([C@@H]2CC(c3ccc(OC)c(OC)c3)=NN2C(=O)c2cccs2)cc1. The number of rotatable bonds is 6. The van der Waals surface area contributed by atoms with E-state index in [-0.39, 0.29) is 11.9 Å². The minimum absolute atomic E-state index is 0.110. The van der Waals surface area contributed by atoms with E-state index in [1.54, 1.807) is 26.3 Å². The molecular formula is C23H22N2O4S. The van der Waals surface area contributed by atoms with Crippen molar-refractivity contribution in [2.75, 3.05) is 21.3 Å². The van der Waals surface area contributed by atoms with E-state index in [9.17, 15) is 4.79 Å². The summed E-state index contributed by atoms with van der Waals surface area (Å²) < 4.78 is 16.0. The van der Waals surface area contributed by atoms with Crippen molar-refractivity contribution in [1.29, 1.82) is 0 Å². The highest BCUT2D eigenvalue weighted by Gasteiger charge is 2.34. The average Bonchev–Trinajstić information content (AvgIpc) is 3.49. The first-order chi connectivity index (χ1) is 14.6. The van der Waals surface area contributed by atoms with Gasteiger partial charge < -0.3 is 14.2 Å². The van der Waals surface area contributed by atoms with Crippen molar-refractivity contribution in [1.82, 2.24) is 5.01 Å². The van der Waals surface area contributed by atoms with E-state index < -0.39 is 0 Å². The molecule has 1 atom stereocenters. The first-order valence-electron chi connectivity index (χ1n) is 9.45. The van der Waals surface area contributed by atoms with E-state index in [4.69, 9.17) is 19.3 Å². The second kappa shape index (κ2) is 8.59. The number of benzene rings is 2. The summed E-state index contributed by atoms with van der Waals surface area (Å²) in [6.45, 7) is 0. The molecule has 0 radical (unpaired) electrons. The van der Waals surface area contributed by atoms with Gasteiger partial charge in [-0.25, -0.2) is 5.01 Å². The number of carbonyl (C=O) groups is 1. The summed E-state index contributed by atoms with van der Waals surface area (Å²) in [5.41, 5.74) is 2.72. The lowest BCUT2D eigenvalue weighted by atomic mass is 9.98. The third kappa shape index (κ3) is 3.76. The summed E-state index contributed by atoms with van der Waals surface area (Å²) in [5.74, 6) is 1.94. The van der Waals surface area contributed by atoms with Gasteiger partial charge in [-0.05, 0) is 47.3 Å². The highest BCUT2D eigenvalue weighted by atomic mass is 32.1. The molecule has 0 saturated carbocycles. The molecule has 6 nitrogen and oxygen atoms in total. The van der Waals surface area contributed by atoms with Crippen LogP contribution in [-0.4, -0.2) is 38.0 Å². The zero-order valence-electron chi connectivity index (χ0n) is 17.0. The van der Waals surface area contributed by atoms with Crippen LogP contribution in [0.25, 0.3) is 0 Å². The van der Waals surface area contributed by atoms with Crippen LogP contribution in [0.4, 0.5) is 0 Å². The van der Waals surface area contributed by atoms with Gasteiger partial charge in [0, 0.05) is 12.0 Å². The Morgan fingerprint density at radius 2 is 1.77 bits per heavy atom. The van der Waals surface area contributed by atoms with Crippen LogP contribution in [0.15, 0.2) is 65.1 Å². The molecule has 0 fully saturated rings. The molecule has 154 valence electrons. The predicted molar refractivity (Wildman–Crippen MR) is 117 cm³/mol. The molecule has 2 heterocycles. The van der Waals surface area contributed by atoms with E-state index in [0.717, 1.165) is 22.6 Å². The number of methoxy groups -OCH3 is 3. The Bertz CT molecular complexity index is 1060. The van der Waals surface area contributed by atoms with E-state index >= 15 is 0 Å². The van der Waals surface area contributed by atoms with Crippen molar-refractivity contribution in [3.63, 3.8) is 0 Å².